The summed E-state index contributed by atoms with van der Waals surface area (Å²) in [5.41, 5.74) is 6.57. The molecule has 0 spiro atoms. The number of hydrogen-bond acceptors (Lipinski definition) is 5. The van der Waals surface area contributed by atoms with E-state index in [1.165, 1.54) is 12.1 Å². The van der Waals surface area contributed by atoms with Gasteiger partial charge in [-0.2, -0.15) is 0 Å². The van der Waals surface area contributed by atoms with Gasteiger partial charge in [0.1, 0.15) is 16.7 Å². The molecule has 0 bridgehead atoms. The number of nitrogen functional groups attached to an aromatic ring is 1. The lowest BCUT2D eigenvalue weighted by molar-refractivity contribution is 0.0616. The van der Waals surface area contributed by atoms with Gasteiger partial charge in [0.2, 0.25) is 0 Å². The van der Waals surface area contributed by atoms with Crippen LogP contribution in [0.5, 0.6) is 5.75 Å². The maximum Gasteiger partial charge on any atom is 0.280 e. The Labute approximate surface area is 166 Å². The van der Waals surface area contributed by atoms with E-state index >= 15 is 0 Å². The highest BCUT2D eigenvalue weighted by atomic mass is 19.1. The molecule has 0 aliphatic carbocycles. The van der Waals surface area contributed by atoms with Crippen LogP contribution in [0.3, 0.4) is 0 Å². The first-order valence-corrected chi connectivity index (χ1v) is 9.39. The second-order valence-corrected chi connectivity index (χ2v) is 7.67. The molecule has 1 atom stereocenters. The summed E-state index contributed by atoms with van der Waals surface area (Å²) in [6, 6.07) is 5.42. The topological polar surface area (TPSA) is 106 Å². The first-order chi connectivity index (χ1) is 13.7. The zero-order valence-electron chi connectivity index (χ0n) is 16.4. The molecule has 1 aromatic carbocycles. The van der Waals surface area contributed by atoms with Gasteiger partial charge in [0.25, 0.3) is 11.5 Å². The third kappa shape index (κ3) is 2.84. The van der Waals surface area contributed by atoms with Crippen molar-refractivity contribution in [2.75, 3.05) is 12.3 Å². The molecule has 9 heteroatoms. The molecular formula is C20H22FN5O3. The normalized spacial score (nSPS) is 16.7. The number of aromatic hydroxyl groups is 1. The number of benzene rings is 1. The minimum atomic E-state index is -0.561. The van der Waals surface area contributed by atoms with Crippen molar-refractivity contribution < 1.29 is 14.3 Å². The van der Waals surface area contributed by atoms with E-state index in [2.05, 4.69) is 5.10 Å². The van der Waals surface area contributed by atoms with Crippen molar-refractivity contribution in [3.05, 3.63) is 51.7 Å². The highest BCUT2D eigenvalue weighted by Gasteiger charge is 2.37. The van der Waals surface area contributed by atoms with E-state index in [-0.39, 0.29) is 58.5 Å². The predicted molar refractivity (Wildman–Crippen MR) is 106 cm³/mol. The summed E-state index contributed by atoms with van der Waals surface area (Å²) in [6.07, 6.45) is 0. The minimum Gasteiger partial charge on any atom is -0.505 e. The Morgan fingerprint density at radius 2 is 1.93 bits per heavy atom. The summed E-state index contributed by atoms with van der Waals surface area (Å²) in [5.74, 6) is -1.07. The SMILES string of the molecule is CC(C)N1C[C@H](C)n2c(c(O)c3c(=O)n(Cc4ccc(F)cc4)nc(N)c32)C1=O. The van der Waals surface area contributed by atoms with Crippen LogP contribution in [0.15, 0.2) is 29.1 Å². The van der Waals surface area contributed by atoms with E-state index < -0.39 is 5.56 Å². The monoisotopic (exact) mass is 399 g/mol. The third-order valence-electron chi connectivity index (χ3n) is 5.33. The molecule has 152 valence electrons. The molecular weight excluding hydrogens is 377 g/mol. The maximum absolute atomic E-state index is 13.1. The Bertz CT molecular complexity index is 1180. The van der Waals surface area contributed by atoms with Crippen molar-refractivity contribution in [2.24, 2.45) is 0 Å². The predicted octanol–water partition coefficient (Wildman–Crippen LogP) is 2.10. The zero-order chi connectivity index (χ0) is 21.0. The molecule has 2 aromatic heterocycles. The minimum absolute atomic E-state index is 0.0274. The summed E-state index contributed by atoms with van der Waals surface area (Å²) < 4.78 is 15.9. The number of fused-ring (bicyclic) bond motifs is 3. The number of amides is 1. The van der Waals surface area contributed by atoms with Gasteiger partial charge in [-0.05, 0) is 38.5 Å². The first kappa shape index (κ1) is 19.0. The molecule has 3 heterocycles. The number of halogens is 1. The van der Waals surface area contributed by atoms with E-state index in [1.807, 2.05) is 20.8 Å². The summed E-state index contributed by atoms with van der Waals surface area (Å²) in [5, 5.41) is 15.0. The molecule has 1 aliphatic heterocycles. The Morgan fingerprint density at radius 1 is 1.28 bits per heavy atom. The average molecular weight is 399 g/mol. The lowest BCUT2D eigenvalue weighted by Crippen LogP contribution is -2.45. The molecule has 8 nitrogen and oxygen atoms in total. The van der Waals surface area contributed by atoms with Crippen molar-refractivity contribution in [3.8, 4) is 5.75 Å². The van der Waals surface area contributed by atoms with Crippen LogP contribution in [-0.2, 0) is 6.54 Å². The van der Waals surface area contributed by atoms with Gasteiger partial charge < -0.3 is 20.3 Å². The van der Waals surface area contributed by atoms with Crippen LogP contribution >= 0.6 is 0 Å². The van der Waals surface area contributed by atoms with Gasteiger partial charge in [-0.1, -0.05) is 12.1 Å². The molecule has 4 rings (SSSR count). The highest BCUT2D eigenvalue weighted by molar-refractivity contribution is 6.06. The molecule has 0 unspecified atom stereocenters. The quantitative estimate of drug-likeness (QED) is 0.702. The van der Waals surface area contributed by atoms with Crippen LogP contribution in [0.2, 0.25) is 0 Å². The molecule has 0 saturated carbocycles. The standard InChI is InChI=1S/C20H22FN5O3/c1-10(2)24-8-11(3)26-15-14(17(27)16(26)20(24)29)19(28)25(23-18(15)22)9-12-4-6-13(21)7-5-12/h4-7,10-11,27H,8-9H2,1-3H3,(H2,22,23)/t11-/m0/s1. The molecule has 3 N–H and O–H groups in total. The van der Waals surface area contributed by atoms with Crippen molar-refractivity contribution in [3.63, 3.8) is 0 Å². The molecule has 0 fully saturated rings. The summed E-state index contributed by atoms with van der Waals surface area (Å²) >= 11 is 0. The zero-order valence-corrected chi connectivity index (χ0v) is 16.4. The fourth-order valence-electron chi connectivity index (χ4n) is 3.93. The number of aromatic nitrogens is 3. The molecule has 29 heavy (non-hydrogen) atoms. The lowest BCUT2D eigenvalue weighted by Gasteiger charge is -2.35. The molecule has 0 saturated heterocycles. The summed E-state index contributed by atoms with van der Waals surface area (Å²) in [6.45, 7) is 6.18. The molecule has 1 amide bonds. The molecule has 0 radical (unpaired) electrons. The van der Waals surface area contributed by atoms with Gasteiger partial charge in [-0.25, -0.2) is 9.07 Å². The van der Waals surface area contributed by atoms with Crippen LogP contribution in [0, 0.1) is 5.82 Å². The second kappa shape index (κ2) is 6.61. The largest absolute Gasteiger partial charge is 0.505 e. The Balaban J connectivity index is 1.92. The number of rotatable bonds is 3. The van der Waals surface area contributed by atoms with Crippen LogP contribution in [0.1, 0.15) is 42.9 Å². The van der Waals surface area contributed by atoms with Gasteiger partial charge in [0.05, 0.1) is 6.54 Å². The van der Waals surface area contributed by atoms with E-state index in [4.69, 9.17) is 5.73 Å². The molecule has 1 aliphatic rings. The maximum atomic E-state index is 13.1. The van der Waals surface area contributed by atoms with E-state index in [9.17, 15) is 19.1 Å². The summed E-state index contributed by atoms with van der Waals surface area (Å²) in [4.78, 5) is 27.7. The van der Waals surface area contributed by atoms with Crippen molar-refractivity contribution in [2.45, 2.75) is 39.4 Å². The van der Waals surface area contributed by atoms with Gasteiger partial charge >= 0.3 is 0 Å². The summed E-state index contributed by atoms with van der Waals surface area (Å²) in [7, 11) is 0. The smallest absolute Gasteiger partial charge is 0.280 e. The Morgan fingerprint density at radius 3 is 2.55 bits per heavy atom. The number of hydrogen-bond donors (Lipinski definition) is 2. The van der Waals surface area contributed by atoms with E-state index in [0.29, 0.717) is 12.1 Å². The first-order valence-electron chi connectivity index (χ1n) is 9.39. The third-order valence-corrected chi connectivity index (χ3v) is 5.33. The van der Waals surface area contributed by atoms with Gasteiger partial charge in [0.15, 0.2) is 17.3 Å². The van der Waals surface area contributed by atoms with Crippen LogP contribution in [-0.4, -0.2) is 42.8 Å². The highest BCUT2D eigenvalue weighted by Crippen LogP contribution is 2.38. The van der Waals surface area contributed by atoms with Gasteiger partial charge in [0, 0.05) is 18.6 Å². The van der Waals surface area contributed by atoms with Crippen LogP contribution in [0.25, 0.3) is 10.9 Å². The van der Waals surface area contributed by atoms with Crippen molar-refractivity contribution >= 4 is 22.6 Å². The Kier molecular flexibility index (Phi) is 4.33. The number of carbonyl (C=O) groups excluding carboxylic acids is 1. The second-order valence-electron chi connectivity index (χ2n) is 7.67. The fourth-order valence-corrected chi connectivity index (χ4v) is 3.93. The lowest BCUT2D eigenvalue weighted by atomic mass is 10.1. The number of carbonyl (C=O) groups is 1. The molecule has 3 aromatic rings. The van der Waals surface area contributed by atoms with Gasteiger partial charge in [-0.3, -0.25) is 9.59 Å². The van der Waals surface area contributed by atoms with Crippen LogP contribution < -0.4 is 11.3 Å². The van der Waals surface area contributed by atoms with Crippen molar-refractivity contribution in [1.82, 2.24) is 19.2 Å². The van der Waals surface area contributed by atoms with E-state index in [0.717, 1.165) is 4.68 Å². The fraction of sp³-hybridized carbons (Fsp3) is 0.350. The van der Waals surface area contributed by atoms with Crippen molar-refractivity contribution in [1.29, 1.82) is 0 Å². The van der Waals surface area contributed by atoms with Crippen LogP contribution in [0.4, 0.5) is 10.2 Å². The number of nitrogens with zero attached hydrogens (tertiary/aromatic N) is 4. The Hall–Kier alpha value is -3.36. The number of anilines is 1. The van der Waals surface area contributed by atoms with E-state index in [1.54, 1.807) is 21.6 Å². The number of nitrogens with two attached hydrogens (primary N) is 1. The average Bonchev–Trinajstić information content (AvgIpc) is 2.99. The van der Waals surface area contributed by atoms with Gasteiger partial charge in [-0.15, -0.1) is 5.10 Å².